The number of aromatic nitrogens is 3. The second kappa shape index (κ2) is 10.5. The Bertz CT molecular complexity index is 1320. The largest absolute Gasteiger partial charge is 0.465 e. The number of esters is 1. The molecular formula is C28H33N5O6. The summed E-state index contributed by atoms with van der Waals surface area (Å²) in [7, 11) is 0. The number of ether oxygens (including phenoxy) is 2. The van der Waals surface area contributed by atoms with Crippen molar-refractivity contribution < 1.29 is 29.0 Å². The Hall–Kier alpha value is -3.57. The maximum absolute atomic E-state index is 14.3. The van der Waals surface area contributed by atoms with E-state index in [4.69, 9.17) is 9.47 Å². The number of likely N-dealkylation sites (tertiary alicyclic amines) is 1. The van der Waals surface area contributed by atoms with Crippen LogP contribution in [0.2, 0.25) is 0 Å². The van der Waals surface area contributed by atoms with Crippen molar-refractivity contribution in [2.45, 2.75) is 56.5 Å². The van der Waals surface area contributed by atoms with Crippen molar-refractivity contribution >= 4 is 28.8 Å². The Kier molecular flexibility index (Phi) is 6.94. The van der Waals surface area contributed by atoms with Crippen molar-refractivity contribution in [2.75, 3.05) is 26.3 Å². The molecule has 4 aliphatic heterocycles. The van der Waals surface area contributed by atoms with Gasteiger partial charge in [0.05, 0.1) is 24.1 Å². The van der Waals surface area contributed by atoms with Crippen LogP contribution in [-0.4, -0.2) is 91.7 Å². The predicted octanol–water partition coefficient (Wildman–Crippen LogP) is 1.42. The van der Waals surface area contributed by atoms with Crippen LogP contribution >= 0.6 is 0 Å². The molecule has 206 valence electrons. The monoisotopic (exact) mass is 535 g/mol. The van der Waals surface area contributed by atoms with Crippen LogP contribution in [0.4, 0.5) is 0 Å². The van der Waals surface area contributed by atoms with Gasteiger partial charge in [0.25, 0.3) is 5.91 Å². The first-order chi connectivity index (χ1) is 19.0. The summed E-state index contributed by atoms with van der Waals surface area (Å²) in [6.07, 6.45) is 10.2. The minimum absolute atomic E-state index is 0.0658. The first-order valence-corrected chi connectivity index (χ1v) is 13.7. The van der Waals surface area contributed by atoms with Crippen molar-refractivity contribution in [3.63, 3.8) is 0 Å². The molecule has 11 heteroatoms. The summed E-state index contributed by atoms with van der Waals surface area (Å²) < 4.78 is 13.8. The third-order valence-electron chi connectivity index (χ3n) is 8.22. The van der Waals surface area contributed by atoms with Gasteiger partial charge >= 0.3 is 5.97 Å². The number of aliphatic hydroxyl groups is 1. The zero-order valence-corrected chi connectivity index (χ0v) is 21.7. The van der Waals surface area contributed by atoms with Gasteiger partial charge in [-0.1, -0.05) is 41.7 Å². The standard InChI is InChI=1S/C28H33N5O6/c34-16-7-2-6-15-32-24-26(36)31(18-33-20-11-5-4-10-19(20)29-30-33)14-9-13-28(24)23(25(32)35)22-21(39-28)12-3-1-8-17-38-27(22)37/h3-5,9-13,21-24,34H,1-2,6-8,14-18H2/b12-3-/t21-,22?,23+,24-,28?/m1/s1. The fraction of sp³-hybridized carbons (Fsp3) is 0.536. The number of rotatable bonds is 7. The lowest BCUT2D eigenvalue weighted by atomic mass is 9.78. The summed E-state index contributed by atoms with van der Waals surface area (Å²) in [5.41, 5.74) is 0.237. The topological polar surface area (TPSA) is 127 Å². The molecule has 0 aliphatic carbocycles. The zero-order chi connectivity index (χ0) is 27.0. The van der Waals surface area contributed by atoms with Crippen molar-refractivity contribution in [1.82, 2.24) is 24.8 Å². The lowest BCUT2D eigenvalue weighted by Gasteiger charge is -2.35. The van der Waals surface area contributed by atoms with E-state index < -0.39 is 35.6 Å². The highest BCUT2D eigenvalue weighted by molar-refractivity contribution is 5.99. The average Bonchev–Trinajstić information content (AvgIpc) is 3.54. The lowest BCUT2D eigenvalue weighted by molar-refractivity contribution is -0.155. The van der Waals surface area contributed by atoms with E-state index in [1.54, 1.807) is 14.5 Å². The van der Waals surface area contributed by atoms with Crippen molar-refractivity contribution in [2.24, 2.45) is 11.8 Å². The van der Waals surface area contributed by atoms with Crippen LogP contribution < -0.4 is 0 Å². The molecule has 2 aromatic rings. The zero-order valence-electron chi connectivity index (χ0n) is 21.7. The van der Waals surface area contributed by atoms with E-state index in [1.807, 2.05) is 48.6 Å². The molecule has 4 aliphatic rings. The Morgan fingerprint density at radius 3 is 2.82 bits per heavy atom. The van der Waals surface area contributed by atoms with Gasteiger partial charge in [-0.05, 0) is 44.2 Å². The quantitative estimate of drug-likeness (QED) is 0.321. The molecule has 0 saturated carbocycles. The van der Waals surface area contributed by atoms with E-state index in [0.717, 1.165) is 17.5 Å². The molecule has 39 heavy (non-hydrogen) atoms. The molecule has 1 aromatic carbocycles. The number of para-hydroxylation sites is 1. The predicted molar refractivity (Wildman–Crippen MR) is 139 cm³/mol. The van der Waals surface area contributed by atoms with Crippen LogP contribution in [0.25, 0.3) is 11.0 Å². The van der Waals surface area contributed by atoms with Gasteiger partial charge in [-0.15, -0.1) is 5.10 Å². The Labute approximate surface area is 226 Å². The van der Waals surface area contributed by atoms with E-state index in [-0.39, 0.29) is 31.7 Å². The first-order valence-electron chi connectivity index (χ1n) is 13.7. The summed E-state index contributed by atoms with van der Waals surface area (Å²) in [4.78, 5) is 44.9. The molecule has 5 atom stereocenters. The highest BCUT2D eigenvalue weighted by Crippen LogP contribution is 2.53. The number of unbranched alkanes of at least 4 members (excludes halogenated alkanes) is 2. The Morgan fingerprint density at radius 2 is 1.95 bits per heavy atom. The molecule has 2 saturated heterocycles. The molecule has 11 nitrogen and oxygen atoms in total. The van der Waals surface area contributed by atoms with Gasteiger partial charge < -0.3 is 24.4 Å². The molecule has 1 spiro atoms. The molecule has 0 radical (unpaired) electrons. The maximum Gasteiger partial charge on any atom is 0.312 e. The first kappa shape index (κ1) is 25.7. The smallest absolute Gasteiger partial charge is 0.312 e. The Morgan fingerprint density at radius 1 is 1.08 bits per heavy atom. The van der Waals surface area contributed by atoms with Gasteiger partial charge in [0.2, 0.25) is 5.91 Å². The molecule has 1 N–H and O–H groups in total. The summed E-state index contributed by atoms with van der Waals surface area (Å²) in [6, 6.07) is 6.60. The average molecular weight is 536 g/mol. The number of carbonyl (C=O) groups is 3. The number of fused-ring (bicyclic) bond motifs is 3. The number of cyclic esters (lactones) is 1. The number of benzene rings is 1. The molecule has 2 amide bonds. The van der Waals surface area contributed by atoms with Crippen LogP contribution in [0.15, 0.2) is 48.6 Å². The van der Waals surface area contributed by atoms with E-state index in [2.05, 4.69) is 10.3 Å². The van der Waals surface area contributed by atoms with Crippen molar-refractivity contribution in [1.29, 1.82) is 0 Å². The van der Waals surface area contributed by atoms with Gasteiger partial charge in [-0.25, -0.2) is 4.68 Å². The molecule has 6 rings (SSSR count). The van der Waals surface area contributed by atoms with E-state index in [1.165, 1.54) is 0 Å². The van der Waals surface area contributed by atoms with Crippen molar-refractivity contribution in [3.05, 3.63) is 48.6 Å². The SMILES string of the molecule is O=C1OCCC/C=C\[C@H]2OC34C=CCN(Cn5nnc6ccccc65)C(=O)[C@H]3N(CCCCCO)C(=O)[C@@H]4C12. The lowest BCUT2D eigenvalue weighted by Crippen LogP contribution is -2.55. The second-order valence-corrected chi connectivity index (χ2v) is 10.6. The number of hydrogen-bond donors (Lipinski definition) is 1. The number of allylic oxidation sites excluding steroid dienone is 1. The highest BCUT2D eigenvalue weighted by atomic mass is 16.6. The van der Waals surface area contributed by atoms with E-state index >= 15 is 0 Å². The number of aliphatic hydroxyl groups excluding tert-OH is 1. The fourth-order valence-corrected chi connectivity index (χ4v) is 6.42. The van der Waals surface area contributed by atoms with Crippen LogP contribution in [0.1, 0.15) is 32.1 Å². The van der Waals surface area contributed by atoms with Crippen LogP contribution in [0, 0.1) is 11.8 Å². The molecular weight excluding hydrogens is 502 g/mol. The third kappa shape index (κ3) is 4.33. The fourth-order valence-electron chi connectivity index (χ4n) is 6.42. The molecule has 1 aromatic heterocycles. The Balaban J connectivity index is 1.37. The summed E-state index contributed by atoms with van der Waals surface area (Å²) in [5, 5.41) is 17.7. The molecule has 2 fully saturated rings. The van der Waals surface area contributed by atoms with E-state index in [0.29, 0.717) is 38.8 Å². The van der Waals surface area contributed by atoms with Gasteiger partial charge in [0.1, 0.15) is 29.7 Å². The number of amides is 2. The minimum Gasteiger partial charge on any atom is -0.465 e. The maximum atomic E-state index is 14.3. The van der Waals surface area contributed by atoms with Crippen LogP contribution in [-0.2, 0) is 30.5 Å². The summed E-state index contributed by atoms with van der Waals surface area (Å²) in [5.74, 6) is -2.69. The van der Waals surface area contributed by atoms with Crippen LogP contribution in [0.3, 0.4) is 0 Å². The van der Waals surface area contributed by atoms with Crippen molar-refractivity contribution in [3.8, 4) is 0 Å². The van der Waals surface area contributed by atoms with Gasteiger partial charge in [-0.3, -0.25) is 14.4 Å². The number of hydrogen-bond acceptors (Lipinski definition) is 8. The van der Waals surface area contributed by atoms with Gasteiger partial charge in [0, 0.05) is 19.7 Å². The number of carbonyl (C=O) groups excluding carboxylic acids is 3. The second-order valence-electron chi connectivity index (χ2n) is 10.6. The van der Waals surface area contributed by atoms with E-state index in [9.17, 15) is 19.5 Å². The minimum atomic E-state index is -1.29. The van der Waals surface area contributed by atoms with Crippen LogP contribution in [0.5, 0.6) is 0 Å². The third-order valence-corrected chi connectivity index (χ3v) is 8.22. The normalized spacial score (nSPS) is 31.3. The summed E-state index contributed by atoms with van der Waals surface area (Å²) >= 11 is 0. The van der Waals surface area contributed by atoms with Gasteiger partial charge in [-0.2, -0.15) is 0 Å². The van der Waals surface area contributed by atoms with Gasteiger partial charge in [0.15, 0.2) is 0 Å². The molecule has 2 unspecified atom stereocenters. The highest BCUT2D eigenvalue weighted by Gasteiger charge is 2.71. The molecule has 0 bridgehead atoms. The number of nitrogens with zero attached hydrogens (tertiary/aromatic N) is 5. The molecule has 5 heterocycles. The summed E-state index contributed by atoms with van der Waals surface area (Å²) in [6.45, 7) is 1.12.